The zero-order valence-electron chi connectivity index (χ0n) is 47.3. The number of allylic oxidation sites excluding steroid dienone is 3. The Bertz CT molecular complexity index is 1090. The van der Waals surface area contributed by atoms with Crippen molar-refractivity contribution in [3.05, 3.63) is 24.3 Å². The van der Waals surface area contributed by atoms with Crippen molar-refractivity contribution in [2.24, 2.45) is 0 Å². The van der Waals surface area contributed by atoms with Gasteiger partial charge in [0.25, 0.3) is 0 Å². The molecule has 0 aliphatic carbocycles. The van der Waals surface area contributed by atoms with Crippen molar-refractivity contribution < 1.29 is 24.5 Å². The van der Waals surface area contributed by atoms with Crippen LogP contribution in [0.15, 0.2) is 24.3 Å². The van der Waals surface area contributed by atoms with Gasteiger partial charge in [0.1, 0.15) is 0 Å². The Hall–Kier alpha value is -1.66. The van der Waals surface area contributed by atoms with Gasteiger partial charge in [-0.25, -0.2) is 0 Å². The molecule has 0 aromatic rings. The molecule has 0 aromatic heterocycles. The van der Waals surface area contributed by atoms with Gasteiger partial charge in [0, 0.05) is 12.8 Å². The van der Waals surface area contributed by atoms with Gasteiger partial charge < -0.3 is 20.3 Å². The first kappa shape index (κ1) is 68.3. The Kier molecular flexibility index (Phi) is 58.5. The van der Waals surface area contributed by atoms with Gasteiger partial charge in [-0.1, -0.05) is 301 Å². The molecule has 2 atom stereocenters. The van der Waals surface area contributed by atoms with Gasteiger partial charge in [-0.3, -0.25) is 9.59 Å². The normalized spacial score (nSPS) is 12.7. The highest BCUT2D eigenvalue weighted by Gasteiger charge is 2.18. The number of esters is 1. The quantitative estimate of drug-likeness (QED) is 0.0321. The molecule has 0 aliphatic rings. The number of unbranched alkanes of at least 4 members (excludes halogenated alkanes) is 46. The van der Waals surface area contributed by atoms with Crippen molar-refractivity contribution >= 4 is 11.9 Å². The minimum Gasteiger partial charge on any atom is -0.466 e. The molecule has 0 aromatic carbocycles. The van der Waals surface area contributed by atoms with Crippen molar-refractivity contribution in [2.45, 2.75) is 360 Å². The minimum absolute atomic E-state index is 0.0179. The van der Waals surface area contributed by atoms with E-state index in [-0.39, 0.29) is 18.5 Å². The summed E-state index contributed by atoms with van der Waals surface area (Å²) < 4.78 is 5.49. The van der Waals surface area contributed by atoms with Crippen molar-refractivity contribution in [1.82, 2.24) is 5.32 Å². The minimum atomic E-state index is -0.842. The number of aliphatic hydroxyl groups excluding tert-OH is 2. The van der Waals surface area contributed by atoms with Crippen LogP contribution < -0.4 is 5.32 Å². The lowest BCUT2D eigenvalue weighted by molar-refractivity contribution is -0.143. The predicted molar refractivity (Wildman–Crippen MR) is 306 cm³/mol. The van der Waals surface area contributed by atoms with Gasteiger partial charge in [0.05, 0.1) is 25.4 Å². The fraction of sp³-hybridized carbons (Fsp3) is 0.906. The average Bonchev–Trinajstić information content (AvgIpc) is 3.36. The molecule has 6 heteroatoms. The summed E-state index contributed by atoms with van der Waals surface area (Å²) in [5.41, 5.74) is 0. The van der Waals surface area contributed by atoms with Crippen LogP contribution in [-0.2, 0) is 14.3 Å². The van der Waals surface area contributed by atoms with E-state index in [9.17, 15) is 19.8 Å². The highest BCUT2D eigenvalue weighted by Crippen LogP contribution is 2.17. The van der Waals surface area contributed by atoms with Crippen LogP contribution in [-0.4, -0.2) is 47.4 Å². The third kappa shape index (κ3) is 55.7. The lowest BCUT2D eigenvalue weighted by Gasteiger charge is -2.20. The van der Waals surface area contributed by atoms with Gasteiger partial charge in [-0.15, -0.1) is 0 Å². The van der Waals surface area contributed by atoms with Crippen LogP contribution >= 0.6 is 0 Å². The first-order chi connectivity index (χ1) is 34.5. The first-order valence-electron chi connectivity index (χ1n) is 31.6. The molecule has 0 aliphatic heterocycles. The number of amides is 1. The van der Waals surface area contributed by atoms with Crippen LogP contribution in [0.5, 0.6) is 0 Å². The zero-order chi connectivity index (χ0) is 50.7. The van der Waals surface area contributed by atoms with Gasteiger partial charge in [-0.05, 0) is 57.8 Å². The third-order valence-corrected chi connectivity index (χ3v) is 14.7. The van der Waals surface area contributed by atoms with E-state index >= 15 is 0 Å². The summed E-state index contributed by atoms with van der Waals surface area (Å²) in [5, 5.41) is 23.0. The second-order valence-electron chi connectivity index (χ2n) is 21.7. The SMILES string of the molecule is CCCCCCCCCCC/C=C/C(O)C(CO)NC(=O)CCCCCCCCCCCCCC/C=C\CCCCCCCCCCCCCCOC(=O)CCCCCCCCCCCCCCCC. The fourth-order valence-corrected chi connectivity index (χ4v) is 9.87. The standard InChI is InChI=1S/C64H123NO5/c1-3-5-7-9-11-13-15-16-34-38-42-46-50-54-58-64(69)70-59-55-51-47-43-39-35-32-30-28-26-24-22-20-18-17-19-21-23-25-27-29-31-33-37-41-45-49-53-57-63(68)65-61(60-66)62(67)56-52-48-44-40-36-14-12-10-8-6-4-2/h17-18,52,56,61-62,66-67H,3-16,19-51,53-55,57-60H2,1-2H3,(H,65,68)/b18-17-,56-52+. The topological polar surface area (TPSA) is 95.9 Å². The van der Waals surface area contributed by atoms with Gasteiger partial charge in [0.15, 0.2) is 0 Å². The molecule has 0 spiro atoms. The Labute approximate surface area is 437 Å². The smallest absolute Gasteiger partial charge is 0.305 e. The predicted octanol–water partition coefficient (Wildman–Crippen LogP) is 19.8. The molecule has 0 radical (unpaired) electrons. The highest BCUT2D eigenvalue weighted by atomic mass is 16.5. The molecule has 2 unspecified atom stereocenters. The number of nitrogens with one attached hydrogen (secondary N) is 1. The van der Waals surface area contributed by atoms with E-state index < -0.39 is 12.1 Å². The third-order valence-electron chi connectivity index (χ3n) is 14.7. The van der Waals surface area contributed by atoms with Gasteiger partial charge >= 0.3 is 5.97 Å². The van der Waals surface area contributed by atoms with Crippen molar-refractivity contribution in [2.75, 3.05) is 13.2 Å². The molecule has 0 fully saturated rings. The Morgan fingerprint density at radius 3 is 1.01 bits per heavy atom. The van der Waals surface area contributed by atoms with E-state index in [0.29, 0.717) is 19.4 Å². The number of ether oxygens (including phenoxy) is 1. The monoisotopic (exact) mass is 986 g/mol. The number of carbonyl (C=O) groups is 2. The maximum atomic E-state index is 12.4. The van der Waals surface area contributed by atoms with E-state index in [1.54, 1.807) is 6.08 Å². The number of hydrogen-bond donors (Lipinski definition) is 3. The zero-order valence-corrected chi connectivity index (χ0v) is 47.3. The van der Waals surface area contributed by atoms with E-state index in [1.807, 2.05) is 6.08 Å². The van der Waals surface area contributed by atoms with Crippen LogP contribution in [0.2, 0.25) is 0 Å². The molecule has 0 heterocycles. The lowest BCUT2D eigenvalue weighted by Crippen LogP contribution is -2.45. The van der Waals surface area contributed by atoms with Crippen LogP contribution in [0.3, 0.4) is 0 Å². The van der Waals surface area contributed by atoms with Crippen molar-refractivity contribution in [1.29, 1.82) is 0 Å². The summed E-state index contributed by atoms with van der Waals surface area (Å²) in [6.07, 6.45) is 73.8. The lowest BCUT2D eigenvalue weighted by atomic mass is 10.0. The number of aliphatic hydroxyl groups is 2. The van der Waals surface area contributed by atoms with Crippen LogP contribution in [0.1, 0.15) is 348 Å². The summed E-state index contributed by atoms with van der Waals surface area (Å²) >= 11 is 0. The molecular formula is C64H123NO5. The molecule has 414 valence electrons. The maximum Gasteiger partial charge on any atom is 0.305 e. The maximum absolute atomic E-state index is 12.4. The Morgan fingerprint density at radius 2 is 0.671 bits per heavy atom. The highest BCUT2D eigenvalue weighted by molar-refractivity contribution is 5.76. The van der Waals surface area contributed by atoms with E-state index in [0.717, 1.165) is 38.5 Å². The van der Waals surface area contributed by atoms with E-state index in [2.05, 4.69) is 31.3 Å². The molecule has 0 rings (SSSR count). The summed E-state index contributed by atoms with van der Waals surface area (Å²) in [6.45, 7) is 4.91. The summed E-state index contributed by atoms with van der Waals surface area (Å²) in [5.74, 6) is -0.0502. The summed E-state index contributed by atoms with van der Waals surface area (Å²) in [6, 6.07) is -0.626. The van der Waals surface area contributed by atoms with Crippen LogP contribution in [0.4, 0.5) is 0 Å². The second-order valence-corrected chi connectivity index (χ2v) is 21.7. The molecule has 0 saturated heterocycles. The molecule has 1 amide bonds. The van der Waals surface area contributed by atoms with Crippen molar-refractivity contribution in [3.63, 3.8) is 0 Å². The molecule has 6 nitrogen and oxygen atoms in total. The largest absolute Gasteiger partial charge is 0.466 e. The van der Waals surface area contributed by atoms with E-state index in [1.165, 1.54) is 283 Å². The molecule has 0 bridgehead atoms. The molecule has 3 N–H and O–H groups in total. The number of carbonyl (C=O) groups excluding carboxylic acids is 2. The first-order valence-corrected chi connectivity index (χ1v) is 31.6. The van der Waals surface area contributed by atoms with Crippen LogP contribution in [0.25, 0.3) is 0 Å². The second kappa shape index (κ2) is 59.9. The summed E-state index contributed by atoms with van der Waals surface area (Å²) in [4.78, 5) is 24.5. The van der Waals surface area contributed by atoms with Gasteiger partial charge in [0.2, 0.25) is 5.91 Å². The molecular weight excluding hydrogens is 863 g/mol. The fourth-order valence-electron chi connectivity index (χ4n) is 9.87. The Balaban J connectivity index is 3.36. The average molecular weight is 987 g/mol. The number of rotatable bonds is 59. The molecule has 70 heavy (non-hydrogen) atoms. The Morgan fingerprint density at radius 1 is 0.386 bits per heavy atom. The van der Waals surface area contributed by atoms with Gasteiger partial charge in [-0.2, -0.15) is 0 Å². The van der Waals surface area contributed by atoms with E-state index in [4.69, 9.17) is 4.74 Å². The summed E-state index contributed by atoms with van der Waals surface area (Å²) in [7, 11) is 0. The molecule has 0 saturated carbocycles. The van der Waals surface area contributed by atoms with Crippen LogP contribution in [0, 0.1) is 0 Å². The van der Waals surface area contributed by atoms with Crippen molar-refractivity contribution in [3.8, 4) is 0 Å². The number of hydrogen-bond acceptors (Lipinski definition) is 5.